The van der Waals surface area contributed by atoms with Crippen molar-refractivity contribution in [1.82, 2.24) is 0 Å². The van der Waals surface area contributed by atoms with E-state index in [-0.39, 0.29) is 11.8 Å². The Morgan fingerprint density at radius 1 is 1.05 bits per heavy atom. The summed E-state index contributed by atoms with van der Waals surface area (Å²) in [6.45, 7) is 0.645. The molecule has 0 heterocycles. The zero-order valence-electron chi connectivity index (χ0n) is 12.0. The van der Waals surface area contributed by atoms with Gasteiger partial charge in [0.15, 0.2) is 0 Å². The summed E-state index contributed by atoms with van der Waals surface area (Å²) in [7, 11) is 0. The number of benzene rings is 2. The SMILES string of the molecule is NCCc1ccc(NC(=O)C2Cc3ccccc3C2)cc1. The van der Waals surface area contributed by atoms with Crippen molar-refractivity contribution in [3.63, 3.8) is 0 Å². The number of nitrogens with one attached hydrogen (secondary N) is 1. The summed E-state index contributed by atoms with van der Waals surface area (Å²) in [5, 5.41) is 3.02. The lowest BCUT2D eigenvalue weighted by Gasteiger charge is -2.11. The molecule has 0 aromatic heterocycles. The highest BCUT2D eigenvalue weighted by molar-refractivity contribution is 5.93. The van der Waals surface area contributed by atoms with E-state index in [1.54, 1.807) is 0 Å². The van der Waals surface area contributed by atoms with Gasteiger partial charge in [-0.1, -0.05) is 36.4 Å². The monoisotopic (exact) mass is 280 g/mol. The van der Waals surface area contributed by atoms with Crippen molar-refractivity contribution in [2.45, 2.75) is 19.3 Å². The van der Waals surface area contributed by atoms with Crippen LogP contribution in [0.5, 0.6) is 0 Å². The van der Waals surface area contributed by atoms with Gasteiger partial charge in [0.1, 0.15) is 0 Å². The lowest BCUT2D eigenvalue weighted by atomic mass is 10.1. The molecular formula is C18H20N2O. The van der Waals surface area contributed by atoms with Crippen molar-refractivity contribution >= 4 is 11.6 Å². The number of carbonyl (C=O) groups excluding carboxylic acids is 1. The average Bonchev–Trinajstić information content (AvgIpc) is 2.94. The van der Waals surface area contributed by atoms with Crippen molar-refractivity contribution in [2.75, 3.05) is 11.9 Å². The van der Waals surface area contributed by atoms with Gasteiger partial charge in [0.05, 0.1) is 0 Å². The van der Waals surface area contributed by atoms with Crippen LogP contribution in [0.4, 0.5) is 5.69 Å². The second-order valence-corrected chi connectivity index (χ2v) is 5.60. The van der Waals surface area contributed by atoms with E-state index in [1.807, 2.05) is 36.4 Å². The van der Waals surface area contributed by atoms with Gasteiger partial charge in [0.2, 0.25) is 5.91 Å². The highest BCUT2D eigenvalue weighted by Gasteiger charge is 2.26. The van der Waals surface area contributed by atoms with E-state index in [0.29, 0.717) is 6.54 Å². The molecule has 0 radical (unpaired) electrons. The Morgan fingerprint density at radius 2 is 1.67 bits per heavy atom. The maximum absolute atomic E-state index is 12.4. The fourth-order valence-corrected chi connectivity index (χ4v) is 2.91. The standard InChI is InChI=1S/C18H20N2O/c19-10-9-13-5-7-17(8-6-13)20-18(21)16-11-14-3-1-2-4-15(14)12-16/h1-8,16H,9-12,19H2,(H,20,21). The maximum atomic E-state index is 12.4. The Balaban J connectivity index is 1.62. The maximum Gasteiger partial charge on any atom is 0.228 e. The van der Waals surface area contributed by atoms with Crippen LogP contribution in [0, 0.1) is 5.92 Å². The first-order valence-corrected chi connectivity index (χ1v) is 7.43. The fraction of sp³-hybridized carbons (Fsp3) is 0.278. The van der Waals surface area contributed by atoms with E-state index in [1.165, 1.54) is 16.7 Å². The van der Waals surface area contributed by atoms with Gasteiger partial charge in [-0.15, -0.1) is 0 Å². The fourth-order valence-electron chi connectivity index (χ4n) is 2.91. The van der Waals surface area contributed by atoms with Crippen LogP contribution < -0.4 is 11.1 Å². The largest absolute Gasteiger partial charge is 0.330 e. The van der Waals surface area contributed by atoms with Crippen LogP contribution in [-0.4, -0.2) is 12.5 Å². The van der Waals surface area contributed by atoms with E-state index in [9.17, 15) is 4.79 Å². The molecule has 0 spiro atoms. The van der Waals surface area contributed by atoms with Crippen LogP contribution in [0.25, 0.3) is 0 Å². The van der Waals surface area contributed by atoms with Crippen LogP contribution >= 0.6 is 0 Å². The molecule has 0 bridgehead atoms. The van der Waals surface area contributed by atoms with Gasteiger partial charge < -0.3 is 11.1 Å². The van der Waals surface area contributed by atoms with Crippen molar-refractivity contribution in [2.24, 2.45) is 11.7 Å². The molecule has 1 amide bonds. The van der Waals surface area contributed by atoms with Crippen molar-refractivity contribution in [3.8, 4) is 0 Å². The average molecular weight is 280 g/mol. The Labute approximate surface area is 125 Å². The third-order valence-electron chi connectivity index (χ3n) is 4.08. The summed E-state index contributed by atoms with van der Waals surface area (Å²) in [5.41, 5.74) is 10.2. The van der Waals surface area contributed by atoms with Gasteiger partial charge in [-0.25, -0.2) is 0 Å². The molecule has 3 heteroatoms. The lowest BCUT2D eigenvalue weighted by Crippen LogP contribution is -2.23. The third kappa shape index (κ3) is 3.14. The number of amides is 1. The number of hydrogen-bond acceptors (Lipinski definition) is 2. The summed E-state index contributed by atoms with van der Waals surface area (Å²) in [4.78, 5) is 12.4. The van der Waals surface area contributed by atoms with Crippen LogP contribution in [-0.2, 0) is 24.1 Å². The van der Waals surface area contributed by atoms with Crippen molar-refractivity contribution < 1.29 is 4.79 Å². The van der Waals surface area contributed by atoms with Gasteiger partial charge in [-0.3, -0.25) is 4.79 Å². The highest BCUT2D eigenvalue weighted by Crippen LogP contribution is 2.27. The topological polar surface area (TPSA) is 55.1 Å². The summed E-state index contributed by atoms with van der Waals surface area (Å²) in [5.74, 6) is 0.156. The van der Waals surface area contributed by atoms with Gasteiger partial charge in [0, 0.05) is 11.6 Å². The minimum absolute atomic E-state index is 0.0473. The molecular weight excluding hydrogens is 260 g/mol. The molecule has 0 saturated heterocycles. The molecule has 0 atom stereocenters. The molecule has 3 N–H and O–H groups in total. The number of hydrogen-bond donors (Lipinski definition) is 2. The molecule has 0 unspecified atom stereocenters. The molecule has 3 rings (SSSR count). The van der Waals surface area contributed by atoms with Crippen LogP contribution in [0.15, 0.2) is 48.5 Å². The number of carbonyl (C=O) groups is 1. The quantitative estimate of drug-likeness (QED) is 0.904. The van der Waals surface area contributed by atoms with E-state index >= 15 is 0 Å². The van der Waals surface area contributed by atoms with E-state index in [2.05, 4.69) is 17.4 Å². The molecule has 0 saturated carbocycles. The summed E-state index contributed by atoms with van der Waals surface area (Å²) in [6.07, 6.45) is 2.55. The minimum atomic E-state index is 0.0473. The number of rotatable bonds is 4. The highest BCUT2D eigenvalue weighted by atomic mass is 16.1. The molecule has 0 aliphatic heterocycles. The number of anilines is 1. The molecule has 1 aliphatic rings. The Bertz CT molecular complexity index is 609. The second-order valence-electron chi connectivity index (χ2n) is 5.60. The van der Waals surface area contributed by atoms with E-state index < -0.39 is 0 Å². The zero-order valence-corrected chi connectivity index (χ0v) is 12.0. The summed E-state index contributed by atoms with van der Waals surface area (Å²) in [6, 6.07) is 16.2. The van der Waals surface area contributed by atoms with Gasteiger partial charge in [0.25, 0.3) is 0 Å². The van der Waals surface area contributed by atoms with Crippen LogP contribution in [0.3, 0.4) is 0 Å². The van der Waals surface area contributed by atoms with Crippen LogP contribution in [0.1, 0.15) is 16.7 Å². The van der Waals surface area contributed by atoms with Gasteiger partial charge in [-0.05, 0) is 54.6 Å². The first-order chi connectivity index (χ1) is 10.3. The smallest absolute Gasteiger partial charge is 0.228 e. The Hall–Kier alpha value is -2.13. The zero-order chi connectivity index (χ0) is 14.7. The number of nitrogens with two attached hydrogens (primary N) is 1. The first-order valence-electron chi connectivity index (χ1n) is 7.43. The predicted molar refractivity (Wildman–Crippen MR) is 85.2 cm³/mol. The Morgan fingerprint density at radius 3 is 2.24 bits per heavy atom. The van der Waals surface area contributed by atoms with E-state index in [0.717, 1.165) is 24.9 Å². The summed E-state index contributed by atoms with van der Waals surface area (Å²) < 4.78 is 0. The second kappa shape index (κ2) is 6.10. The van der Waals surface area contributed by atoms with Gasteiger partial charge in [-0.2, -0.15) is 0 Å². The molecule has 3 nitrogen and oxygen atoms in total. The Kier molecular flexibility index (Phi) is 4.02. The third-order valence-corrected chi connectivity index (χ3v) is 4.08. The molecule has 1 aliphatic carbocycles. The molecule has 108 valence electrons. The normalized spacial score (nSPS) is 14.0. The van der Waals surface area contributed by atoms with Crippen molar-refractivity contribution in [3.05, 3.63) is 65.2 Å². The summed E-state index contributed by atoms with van der Waals surface area (Å²) >= 11 is 0. The first kappa shape index (κ1) is 13.8. The molecule has 0 fully saturated rings. The van der Waals surface area contributed by atoms with Crippen molar-refractivity contribution in [1.29, 1.82) is 0 Å². The van der Waals surface area contributed by atoms with Gasteiger partial charge >= 0.3 is 0 Å². The lowest BCUT2D eigenvalue weighted by molar-refractivity contribution is -0.119. The number of fused-ring (bicyclic) bond motifs is 1. The minimum Gasteiger partial charge on any atom is -0.330 e. The molecule has 21 heavy (non-hydrogen) atoms. The predicted octanol–water partition coefficient (Wildman–Crippen LogP) is 2.54. The van der Waals surface area contributed by atoms with Crippen LogP contribution in [0.2, 0.25) is 0 Å². The molecule has 2 aromatic carbocycles. The molecule has 2 aromatic rings. The van der Waals surface area contributed by atoms with E-state index in [4.69, 9.17) is 5.73 Å².